The van der Waals surface area contributed by atoms with Crippen LogP contribution in [-0.2, 0) is 0 Å². The van der Waals surface area contributed by atoms with Gasteiger partial charge in [0.05, 0.1) is 5.52 Å². The highest BCUT2D eigenvalue weighted by Gasteiger charge is 2.31. The molecule has 0 saturated carbocycles. The summed E-state index contributed by atoms with van der Waals surface area (Å²) >= 11 is 6.07. The molecule has 0 radical (unpaired) electrons. The number of rotatable bonds is 4. The second-order valence-electron chi connectivity index (χ2n) is 8.04. The number of carbonyl (C=O) groups is 1. The summed E-state index contributed by atoms with van der Waals surface area (Å²) in [4.78, 5) is 17.5. The minimum Gasteiger partial charge on any atom is -0.406 e. The summed E-state index contributed by atoms with van der Waals surface area (Å²) in [6, 6.07) is 11.7. The van der Waals surface area contributed by atoms with Crippen molar-refractivity contribution in [1.82, 2.24) is 14.8 Å². The number of benzene rings is 2. The third-order valence-corrected chi connectivity index (χ3v) is 5.72. The van der Waals surface area contributed by atoms with Crippen molar-refractivity contribution in [2.24, 2.45) is 0 Å². The van der Waals surface area contributed by atoms with E-state index in [0.717, 1.165) is 47.0 Å². The lowest BCUT2D eigenvalue weighted by atomic mass is 9.98. The van der Waals surface area contributed by atoms with E-state index < -0.39 is 12.4 Å². The Morgan fingerprint density at radius 2 is 1.89 bits per heavy atom. The van der Waals surface area contributed by atoms with Crippen LogP contribution in [0.5, 0.6) is 5.75 Å². The molecule has 0 saturated heterocycles. The second kappa shape index (κ2) is 9.50. The van der Waals surface area contributed by atoms with Gasteiger partial charge < -0.3 is 10.1 Å². The number of amides is 1. The van der Waals surface area contributed by atoms with Crippen LogP contribution in [0.2, 0.25) is 5.02 Å². The van der Waals surface area contributed by atoms with Gasteiger partial charge in [-0.05, 0) is 60.9 Å². The molecule has 2 heterocycles. The first-order valence-corrected chi connectivity index (χ1v) is 11.3. The summed E-state index contributed by atoms with van der Waals surface area (Å²) < 4.78 is 42.2. The van der Waals surface area contributed by atoms with Crippen molar-refractivity contribution >= 4 is 39.8 Å². The van der Waals surface area contributed by atoms with Crippen LogP contribution in [0.25, 0.3) is 27.6 Å². The zero-order chi connectivity index (χ0) is 25.3. The number of nitrogens with zero attached hydrogens (tertiary/aromatic N) is 3. The zero-order valence-corrected chi connectivity index (χ0v) is 19.3. The van der Waals surface area contributed by atoms with E-state index in [2.05, 4.69) is 26.2 Å². The minimum atomic E-state index is -4.79. The maximum Gasteiger partial charge on any atom is 0.573 e. The molecule has 10 heteroatoms. The number of ether oxygens (including phenoxy) is 1. The number of aromatic nitrogens is 3. The normalized spacial score (nSPS) is 13.5. The van der Waals surface area contributed by atoms with E-state index in [-0.39, 0.29) is 11.4 Å². The Morgan fingerprint density at radius 1 is 1.08 bits per heavy atom. The zero-order valence-electron chi connectivity index (χ0n) is 18.6. The highest BCUT2D eigenvalue weighted by atomic mass is 35.5. The van der Waals surface area contributed by atoms with E-state index >= 15 is 0 Å². The van der Waals surface area contributed by atoms with Crippen molar-refractivity contribution in [3.05, 3.63) is 89.9 Å². The van der Waals surface area contributed by atoms with Gasteiger partial charge in [-0.3, -0.25) is 4.98 Å². The van der Waals surface area contributed by atoms with Gasteiger partial charge in [0.2, 0.25) is 0 Å². The summed E-state index contributed by atoms with van der Waals surface area (Å²) in [5.74, 6) is -0.384. The molecule has 2 aromatic heterocycles. The lowest BCUT2D eigenvalue weighted by Gasteiger charge is -2.10. The molecule has 6 nitrogen and oxygen atoms in total. The van der Waals surface area contributed by atoms with Gasteiger partial charge in [-0.2, -0.15) is 9.78 Å². The average Bonchev–Trinajstić information content (AvgIpc) is 3.30. The molecule has 1 aliphatic rings. The average molecular weight is 511 g/mol. The van der Waals surface area contributed by atoms with E-state index in [9.17, 15) is 18.0 Å². The number of hydrogen-bond donors (Lipinski definition) is 1. The Labute approximate surface area is 208 Å². The van der Waals surface area contributed by atoms with Crippen molar-refractivity contribution in [3.8, 4) is 16.9 Å². The molecule has 5 rings (SSSR count). The summed E-state index contributed by atoms with van der Waals surface area (Å²) in [6.07, 6.45) is 6.36. The van der Waals surface area contributed by atoms with Crippen LogP contribution in [0.1, 0.15) is 18.5 Å². The Morgan fingerprint density at radius 3 is 2.61 bits per heavy atom. The highest BCUT2D eigenvalue weighted by molar-refractivity contribution is 6.31. The number of allylic oxidation sites excluding steroid dienone is 4. The maximum absolute atomic E-state index is 13.0. The Hall–Kier alpha value is -4.11. The molecule has 36 heavy (non-hydrogen) atoms. The second-order valence-corrected chi connectivity index (χ2v) is 8.47. The largest absolute Gasteiger partial charge is 0.573 e. The van der Waals surface area contributed by atoms with Crippen LogP contribution in [0.3, 0.4) is 0 Å². The van der Waals surface area contributed by atoms with Crippen LogP contribution >= 0.6 is 11.6 Å². The number of alkyl halides is 3. The molecule has 1 aliphatic carbocycles. The molecule has 182 valence electrons. The standard InChI is InChI=1S/C26H18ClF3N4O2/c27-19-7-6-17-12-18(14-31-23(17)13-19)22-15-34(33-24(22)16-4-2-1-3-5-16)25(35)32-20-8-10-21(11-9-20)36-26(28,29)30/h2,4-15H,1,3H2,(H,32,35). The summed E-state index contributed by atoms with van der Waals surface area (Å²) in [5.41, 5.74) is 4.01. The highest BCUT2D eigenvalue weighted by Crippen LogP contribution is 2.32. The lowest BCUT2D eigenvalue weighted by molar-refractivity contribution is -0.274. The summed E-state index contributed by atoms with van der Waals surface area (Å²) in [5, 5.41) is 8.64. The number of anilines is 1. The minimum absolute atomic E-state index is 0.286. The predicted octanol–water partition coefficient (Wildman–Crippen LogP) is 7.46. The predicted molar refractivity (Wildman–Crippen MR) is 132 cm³/mol. The van der Waals surface area contributed by atoms with Crippen molar-refractivity contribution in [1.29, 1.82) is 0 Å². The molecule has 0 atom stereocenters. The molecule has 0 spiro atoms. The maximum atomic E-state index is 13.0. The van der Waals surface area contributed by atoms with E-state index in [0.29, 0.717) is 16.3 Å². The van der Waals surface area contributed by atoms with E-state index in [1.54, 1.807) is 24.5 Å². The molecule has 0 unspecified atom stereocenters. The Balaban J connectivity index is 1.47. The third-order valence-electron chi connectivity index (χ3n) is 5.49. The molecule has 0 fully saturated rings. The van der Waals surface area contributed by atoms with Crippen LogP contribution in [0, 0.1) is 0 Å². The number of fused-ring (bicyclic) bond motifs is 1. The number of hydrogen-bond acceptors (Lipinski definition) is 4. The molecular formula is C26H18ClF3N4O2. The smallest absolute Gasteiger partial charge is 0.406 e. The van der Waals surface area contributed by atoms with Crippen LogP contribution in [0.4, 0.5) is 23.7 Å². The van der Waals surface area contributed by atoms with Gasteiger partial charge >= 0.3 is 12.4 Å². The number of halogens is 4. The first kappa shape index (κ1) is 23.6. The van der Waals surface area contributed by atoms with Crippen LogP contribution in [0.15, 0.2) is 79.2 Å². The fraction of sp³-hybridized carbons (Fsp3) is 0.115. The quantitative estimate of drug-likeness (QED) is 0.309. The monoisotopic (exact) mass is 510 g/mol. The van der Waals surface area contributed by atoms with Gasteiger partial charge in [0, 0.05) is 39.6 Å². The summed E-state index contributed by atoms with van der Waals surface area (Å²) in [7, 11) is 0. The van der Waals surface area contributed by atoms with Gasteiger partial charge in [0.25, 0.3) is 0 Å². The fourth-order valence-corrected chi connectivity index (χ4v) is 4.02. The van der Waals surface area contributed by atoms with Crippen molar-refractivity contribution in [3.63, 3.8) is 0 Å². The molecule has 1 amide bonds. The van der Waals surface area contributed by atoms with E-state index in [4.69, 9.17) is 11.6 Å². The molecular weight excluding hydrogens is 493 g/mol. The number of nitrogens with one attached hydrogen (secondary N) is 1. The number of carbonyl (C=O) groups excluding carboxylic acids is 1. The van der Waals surface area contributed by atoms with Crippen molar-refractivity contribution < 1.29 is 22.7 Å². The Bertz CT molecular complexity index is 1510. The van der Waals surface area contributed by atoms with Gasteiger partial charge in [0.15, 0.2) is 0 Å². The van der Waals surface area contributed by atoms with Gasteiger partial charge in [-0.15, -0.1) is 13.2 Å². The van der Waals surface area contributed by atoms with Crippen LogP contribution < -0.4 is 10.1 Å². The topological polar surface area (TPSA) is 69.0 Å². The van der Waals surface area contributed by atoms with E-state index in [1.165, 1.54) is 16.8 Å². The van der Waals surface area contributed by atoms with Crippen molar-refractivity contribution in [2.75, 3.05) is 5.32 Å². The molecule has 0 aliphatic heterocycles. The van der Waals surface area contributed by atoms with Gasteiger partial charge in [-0.1, -0.05) is 35.9 Å². The fourth-order valence-electron chi connectivity index (χ4n) is 3.85. The SMILES string of the molecule is O=C(Nc1ccc(OC(F)(F)F)cc1)n1cc(-c2cnc3cc(Cl)ccc3c2)c(C2=CCCC=C2)n1. The molecule has 0 bridgehead atoms. The van der Waals surface area contributed by atoms with Gasteiger partial charge in [-0.25, -0.2) is 4.79 Å². The molecule has 4 aromatic rings. The lowest BCUT2D eigenvalue weighted by Crippen LogP contribution is -2.20. The summed E-state index contributed by atoms with van der Waals surface area (Å²) in [6.45, 7) is 0. The van der Waals surface area contributed by atoms with E-state index in [1.807, 2.05) is 24.3 Å². The molecule has 2 aromatic carbocycles. The van der Waals surface area contributed by atoms with Gasteiger partial charge in [0.1, 0.15) is 11.4 Å². The molecule has 1 N–H and O–H groups in total. The van der Waals surface area contributed by atoms with Crippen molar-refractivity contribution in [2.45, 2.75) is 19.2 Å². The first-order chi connectivity index (χ1) is 17.2. The number of pyridine rings is 1. The first-order valence-electron chi connectivity index (χ1n) is 10.9. The third kappa shape index (κ3) is 5.26. The Kier molecular flexibility index (Phi) is 6.24. The van der Waals surface area contributed by atoms with Crippen LogP contribution in [-0.4, -0.2) is 27.2 Å².